The maximum atomic E-state index is 12.5. The molecule has 2 unspecified atom stereocenters. The normalized spacial score (nSPS) is 24.3. The first kappa shape index (κ1) is 15.5. The molecule has 0 saturated carbocycles. The number of amides is 1. The van der Waals surface area contributed by atoms with Gasteiger partial charge in [-0.15, -0.1) is 0 Å². The molecule has 2 atom stereocenters. The largest absolute Gasteiger partial charge is 0.342 e. The van der Waals surface area contributed by atoms with Crippen molar-refractivity contribution in [2.75, 3.05) is 19.6 Å². The summed E-state index contributed by atoms with van der Waals surface area (Å²) in [6.07, 6.45) is 4.34. The molecule has 0 aromatic rings. The van der Waals surface area contributed by atoms with Crippen LogP contribution in [0.2, 0.25) is 0 Å². The predicted octanol–water partition coefficient (Wildman–Crippen LogP) is 2.66. The van der Waals surface area contributed by atoms with Crippen LogP contribution in [0.1, 0.15) is 53.4 Å². The fourth-order valence-electron chi connectivity index (χ4n) is 2.85. The van der Waals surface area contributed by atoms with E-state index in [9.17, 15) is 4.79 Å². The lowest BCUT2D eigenvalue weighted by atomic mass is 9.91. The molecule has 3 nitrogen and oxygen atoms in total. The molecule has 0 radical (unpaired) electrons. The Hall–Kier alpha value is -0.570. The highest BCUT2D eigenvalue weighted by atomic mass is 16.2. The van der Waals surface area contributed by atoms with E-state index in [1.54, 1.807) is 0 Å². The summed E-state index contributed by atoms with van der Waals surface area (Å²) in [5.41, 5.74) is 0. The van der Waals surface area contributed by atoms with Gasteiger partial charge in [0.05, 0.1) is 0 Å². The van der Waals surface area contributed by atoms with Gasteiger partial charge < -0.3 is 10.2 Å². The Morgan fingerprint density at radius 2 is 2.00 bits per heavy atom. The molecular weight excluding hydrogens is 224 g/mol. The molecule has 1 saturated heterocycles. The fraction of sp³-hybridized carbons (Fsp3) is 0.933. The smallest absolute Gasteiger partial charge is 0.225 e. The summed E-state index contributed by atoms with van der Waals surface area (Å²) < 4.78 is 0. The number of hydrogen-bond donors (Lipinski definition) is 1. The van der Waals surface area contributed by atoms with Gasteiger partial charge in [-0.3, -0.25) is 4.79 Å². The van der Waals surface area contributed by atoms with Gasteiger partial charge in [0.2, 0.25) is 5.91 Å². The predicted molar refractivity (Wildman–Crippen MR) is 76.5 cm³/mol. The Morgan fingerprint density at radius 3 is 2.50 bits per heavy atom. The van der Waals surface area contributed by atoms with Crippen molar-refractivity contribution in [1.82, 2.24) is 10.2 Å². The molecule has 0 aliphatic carbocycles. The van der Waals surface area contributed by atoms with E-state index in [-0.39, 0.29) is 5.92 Å². The van der Waals surface area contributed by atoms with Crippen molar-refractivity contribution in [2.45, 2.75) is 59.4 Å². The first-order valence-electron chi connectivity index (χ1n) is 7.64. The van der Waals surface area contributed by atoms with E-state index < -0.39 is 0 Å². The molecule has 18 heavy (non-hydrogen) atoms. The quantitative estimate of drug-likeness (QED) is 0.790. The standard InChI is InChI=1S/C15H30N2O/c1-5-13(6-2)11-17(7-3)15(18)14-8-9-16-12(4)10-14/h12-14,16H,5-11H2,1-4H3. The van der Waals surface area contributed by atoms with Crippen molar-refractivity contribution in [3.63, 3.8) is 0 Å². The highest BCUT2D eigenvalue weighted by Crippen LogP contribution is 2.20. The van der Waals surface area contributed by atoms with Crippen LogP contribution < -0.4 is 5.32 Å². The van der Waals surface area contributed by atoms with Crippen molar-refractivity contribution in [3.8, 4) is 0 Å². The molecule has 0 aromatic carbocycles. The number of nitrogens with zero attached hydrogens (tertiary/aromatic N) is 1. The lowest BCUT2D eigenvalue weighted by Crippen LogP contribution is -2.45. The van der Waals surface area contributed by atoms with Gasteiger partial charge in [0, 0.05) is 25.0 Å². The van der Waals surface area contributed by atoms with Crippen LogP contribution in [0, 0.1) is 11.8 Å². The summed E-state index contributed by atoms with van der Waals surface area (Å²) >= 11 is 0. The van der Waals surface area contributed by atoms with Crippen LogP contribution in [-0.4, -0.2) is 36.5 Å². The second kappa shape index (κ2) is 7.78. The second-order valence-corrected chi connectivity index (χ2v) is 5.64. The molecule has 1 N–H and O–H groups in total. The zero-order valence-electron chi connectivity index (χ0n) is 12.5. The van der Waals surface area contributed by atoms with Crippen molar-refractivity contribution >= 4 is 5.91 Å². The van der Waals surface area contributed by atoms with Gasteiger partial charge in [0.1, 0.15) is 0 Å². The fourth-order valence-corrected chi connectivity index (χ4v) is 2.85. The van der Waals surface area contributed by atoms with Crippen molar-refractivity contribution in [2.24, 2.45) is 11.8 Å². The number of hydrogen-bond acceptors (Lipinski definition) is 2. The molecule has 1 fully saturated rings. The average molecular weight is 254 g/mol. The lowest BCUT2D eigenvalue weighted by molar-refractivity contribution is -0.137. The van der Waals surface area contributed by atoms with Crippen molar-refractivity contribution in [3.05, 3.63) is 0 Å². The van der Waals surface area contributed by atoms with Gasteiger partial charge in [0.15, 0.2) is 0 Å². The molecule has 3 heteroatoms. The van der Waals surface area contributed by atoms with Crippen LogP contribution in [0.4, 0.5) is 0 Å². The average Bonchev–Trinajstić information content (AvgIpc) is 2.39. The molecule has 1 amide bonds. The number of piperidine rings is 1. The van der Waals surface area contributed by atoms with E-state index >= 15 is 0 Å². The topological polar surface area (TPSA) is 32.3 Å². The van der Waals surface area contributed by atoms with E-state index in [0.29, 0.717) is 17.9 Å². The zero-order chi connectivity index (χ0) is 13.5. The van der Waals surface area contributed by atoms with E-state index in [1.165, 1.54) is 12.8 Å². The monoisotopic (exact) mass is 254 g/mol. The van der Waals surface area contributed by atoms with E-state index in [0.717, 1.165) is 32.5 Å². The minimum atomic E-state index is 0.246. The first-order chi connectivity index (χ1) is 8.62. The lowest BCUT2D eigenvalue weighted by Gasteiger charge is -2.33. The third-order valence-corrected chi connectivity index (χ3v) is 4.30. The highest BCUT2D eigenvalue weighted by molar-refractivity contribution is 5.79. The molecule has 0 aromatic heterocycles. The number of carbonyl (C=O) groups is 1. The molecule has 1 heterocycles. The zero-order valence-corrected chi connectivity index (χ0v) is 12.5. The Kier molecular flexibility index (Phi) is 6.69. The highest BCUT2D eigenvalue weighted by Gasteiger charge is 2.28. The van der Waals surface area contributed by atoms with Gasteiger partial charge in [-0.1, -0.05) is 26.7 Å². The van der Waals surface area contributed by atoms with E-state index in [2.05, 4.69) is 37.9 Å². The van der Waals surface area contributed by atoms with Crippen LogP contribution in [0.25, 0.3) is 0 Å². The van der Waals surface area contributed by atoms with Crippen LogP contribution in [0.15, 0.2) is 0 Å². The Balaban J connectivity index is 2.55. The molecule has 106 valence electrons. The van der Waals surface area contributed by atoms with E-state index in [1.807, 2.05) is 0 Å². The van der Waals surface area contributed by atoms with Crippen LogP contribution in [-0.2, 0) is 4.79 Å². The summed E-state index contributed by atoms with van der Waals surface area (Å²) in [4.78, 5) is 14.6. The summed E-state index contributed by atoms with van der Waals surface area (Å²) in [5, 5.41) is 3.42. The van der Waals surface area contributed by atoms with Crippen LogP contribution in [0.3, 0.4) is 0 Å². The van der Waals surface area contributed by atoms with Gasteiger partial charge in [-0.25, -0.2) is 0 Å². The molecular formula is C15H30N2O. The number of nitrogens with one attached hydrogen (secondary N) is 1. The molecule has 0 bridgehead atoms. The summed E-state index contributed by atoms with van der Waals surface area (Å²) in [6, 6.07) is 0.486. The summed E-state index contributed by atoms with van der Waals surface area (Å²) in [5.74, 6) is 1.29. The minimum Gasteiger partial charge on any atom is -0.342 e. The second-order valence-electron chi connectivity index (χ2n) is 5.64. The Morgan fingerprint density at radius 1 is 1.33 bits per heavy atom. The van der Waals surface area contributed by atoms with Gasteiger partial charge in [0.25, 0.3) is 0 Å². The van der Waals surface area contributed by atoms with E-state index in [4.69, 9.17) is 0 Å². The number of carbonyl (C=O) groups excluding carboxylic acids is 1. The summed E-state index contributed by atoms with van der Waals surface area (Å²) in [6.45, 7) is 11.5. The maximum Gasteiger partial charge on any atom is 0.225 e. The molecule has 0 spiro atoms. The SMILES string of the molecule is CCC(CC)CN(CC)C(=O)C1CCNC(C)C1. The summed E-state index contributed by atoms with van der Waals surface area (Å²) in [7, 11) is 0. The van der Waals surface area contributed by atoms with Gasteiger partial charge in [-0.2, -0.15) is 0 Å². The molecule has 1 aliphatic rings. The third kappa shape index (κ3) is 4.27. The Labute approximate surface area is 112 Å². The molecule has 1 rings (SSSR count). The van der Waals surface area contributed by atoms with Crippen molar-refractivity contribution in [1.29, 1.82) is 0 Å². The van der Waals surface area contributed by atoms with Gasteiger partial charge in [-0.05, 0) is 39.2 Å². The maximum absolute atomic E-state index is 12.5. The first-order valence-corrected chi connectivity index (χ1v) is 7.64. The minimum absolute atomic E-state index is 0.246. The van der Waals surface area contributed by atoms with Crippen LogP contribution in [0.5, 0.6) is 0 Å². The van der Waals surface area contributed by atoms with Crippen LogP contribution >= 0.6 is 0 Å². The Bertz CT molecular complexity index is 251. The third-order valence-electron chi connectivity index (χ3n) is 4.30. The van der Waals surface area contributed by atoms with Gasteiger partial charge >= 0.3 is 0 Å². The number of rotatable bonds is 6. The molecule has 1 aliphatic heterocycles. The van der Waals surface area contributed by atoms with Crippen molar-refractivity contribution < 1.29 is 4.79 Å².